The van der Waals surface area contributed by atoms with Gasteiger partial charge in [0, 0.05) is 168 Å². The third kappa shape index (κ3) is 18.1. The van der Waals surface area contributed by atoms with Crippen molar-refractivity contribution in [1.29, 1.82) is 0 Å². The fraction of sp³-hybridized carbons (Fsp3) is 0.313. The Morgan fingerprint density at radius 1 is 0.248 bits per heavy atom. The van der Waals surface area contributed by atoms with Gasteiger partial charge in [0.05, 0.1) is 88.6 Å². The van der Waals surface area contributed by atoms with Crippen LogP contribution in [0.3, 0.4) is 0 Å². The number of fused-ring (bicyclic) bond motifs is 20. The Morgan fingerprint density at radius 3 is 0.830 bits per heavy atom. The van der Waals surface area contributed by atoms with Gasteiger partial charge in [0.2, 0.25) is 28.6 Å². The van der Waals surface area contributed by atoms with Crippen molar-refractivity contribution in [2.24, 2.45) is 0 Å². The van der Waals surface area contributed by atoms with E-state index in [1.54, 1.807) is 48.0 Å². The van der Waals surface area contributed by atoms with Crippen molar-refractivity contribution in [2.75, 3.05) is 96.3 Å². The lowest BCUT2D eigenvalue weighted by Gasteiger charge is -2.25. The first-order valence-electron chi connectivity index (χ1n) is 55.6. The summed E-state index contributed by atoms with van der Waals surface area (Å²) in [7, 11) is 0. The minimum absolute atomic E-state index is 0.110. The van der Waals surface area contributed by atoms with Crippen molar-refractivity contribution in [1.82, 2.24) is 54.8 Å². The van der Waals surface area contributed by atoms with E-state index in [9.17, 15) is 0 Å². The van der Waals surface area contributed by atoms with E-state index in [1.165, 1.54) is 34.7 Å². The number of hydrogen-bond acceptors (Lipinski definition) is 26. The maximum absolute atomic E-state index is 8.66. The lowest BCUT2D eigenvalue weighted by Crippen LogP contribution is -2.34. The first-order valence-corrected chi connectivity index (χ1v) is 48.1. The van der Waals surface area contributed by atoms with E-state index >= 15 is 0 Å². The molecular formula is C115H131N21O5. The monoisotopic (exact) mass is 1900 g/mol. The third-order valence-corrected chi connectivity index (χ3v) is 24.6. The Hall–Kier alpha value is -15.5. The Labute approximate surface area is 847 Å². The molecule has 2 unspecified atom stereocenters. The predicted octanol–water partition coefficient (Wildman–Crippen LogP) is 29.6. The molecule has 5 aliphatic rings. The molecule has 26 heteroatoms. The molecule has 0 aliphatic carbocycles. The Morgan fingerprint density at radius 2 is 0.496 bits per heavy atom. The van der Waals surface area contributed by atoms with Crippen molar-refractivity contribution >= 4 is 196 Å². The van der Waals surface area contributed by atoms with Gasteiger partial charge in [-0.05, 0) is 248 Å². The van der Waals surface area contributed by atoms with Crippen molar-refractivity contribution in [2.45, 2.75) is 198 Å². The summed E-state index contributed by atoms with van der Waals surface area (Å²) in [4.78, 5) is 66.8. The summed E-state index contributed by atoms with van der Waals surface area (Å²) in [6.07, 6.45) is 9.75. The van der Waals surface area contributed by atoms with Crippen LogP contribution in [0, 0.1) is 69.2 Å². The highest BCUT2D eigenvalue weighted by molar-refractivity contribution is 6.15. The molecule has 0 amide bonds. The van der Waals surface area contributed by atoms with Gasteiger partial charge >= 0.3 is 0 Å². The first kappa shape index (κ1) is 80.5. The molecular weight excluding hydrogens is 1760 g/mol. The van der Waals surface area contributed by atoms with E-state index in [1.807, 2.05) is 303 Å². The average molecular weight is 1900 g/mol. The highest BCUT2D eigenvalue weighted by Gasteiger charge is 2.39. The van der Waals surface area contributed by atoms with Crippen LogP contribution in [0.4, 0.5) is 86.1 Å². The summed E-state index contributed by atoms with van der Waals surface area (Å²) in [5, 5.41) is 9.56. The van der Waals surface area contributed by atoms with Gasteiger partial charge in [0.25, 0.3) is 0 Å². The standard InChI is InChI=1S/3C22H22N4O.C20H18N4O.C19H17N5O.5C2H6/c2*1-13(2)25-12-26(18-6-5-11-23-21(18)25)19-14(3)7-9-16-17-10-8-15(4)24-22(17)27-20(16)19;1-13(2)25-12-26(21-18(25)6-5-11-23-21)19-14(3)7-9-16-17-10-8-15(4)24-22(17)27-20(16)19;1-12-6-8-14-15-9-7-13(2)22-20(15)25-18(14)17(12)24-11-23(3)19-16(24)5-4-10-21-19;1-11-4-6-13-14-7-5-12(2)22-19(14)25-16(13)15(11)24-10-23(3)17-18(24)21-9-8-20-17;5*1-2/h3*5-11,13H,12H2,1-4H3;4-10H,11H2,1-3H3;4-9H,10H2,1-3H3;5*1-2H3/i1D3,13D;13D;1D3,13D;2*3D3;;;;;. The molecule has 0 saturated heterocycles. The van der Waals surface area contributed by atoms with E-state index in [-0.39, 0.29) is 26.7 Å². The minimum atomic E-state index is -2.51. The van der Waals surface area contributed by atoms with Gasteiger partial charge < -0.3 is 71.1 Å². The Kier molecular flexibility index (Phi) is 23.8. The van der Waals surface area contributed by atoms with Gasteiger partial charge in [-0.25, -0.2) is 54.8 Å². The number of aromatic nitrogens is 11. The summed E-state index contributed by atoms with van der Waals surface area (Å²) in [6, 6.07) is 50.8. The predicted molar refractivity (Wildman–Crippen MR) is 585 cm³/mol. The third-order valence-electron chi connectivity index (χ3n) is 24.6. The fourth-order valence-electron chi connectivity index (χ4n) is 18.3. The Bertz CT molecular complexity index is 7990. The minimum Gasteiger partial charge on any atom is -0.435 e. The van der Waals surface area contributed by atoms with Crippen LogP contribution in [0.1, 0.15) is 187 Å². The van der Waals surface area contributed by atoms with Gasteiger partial charge in [-0.15, -0.1) is 0 Å². The number of anilines is 15. The lowest BCUT2D eigenvalue weighted by atomic mass is 10.1. The Balaban J connectivity index is 0.000000135. The lowest BCUT2D eigenvalue weighted by molar-refractivity contribution is 0.649. The molecule has 0 spiro atoms. The van der Waals surface area contributed by atoms with E-state index in [0.717, 1.165) is 167 Å². The van der Waals surface area contributed by atoms with Crippen molar-refractivity contribution < 1.29 is 42.6 Å². The summed E-state index contributed by atoms with van der Waals surface area (Å²) < 4.78 is 152. The number of aryl methyl sites for hydroxylation is 10. The molecule has 0 fully saturated rings. The van der Waals surface area contributed by atoms with Crippen LogP contribution in [-0.2, 0) is 0 Å². The molecule has 15 aromatic heterocycles. The summed E-state index contributed by atoms with van der Waals surface area (Å²) in [5.41, 5.74) is 23.2. The van der Waals surface area contributed by atoms with Gasteiger partial charge in [0.15, 0.2) is 62.8 Å². The maximum atomic E-state index is 8.66. The first-order chi connectivity index (χ1) is 74.2. The smallest absolute Gasteiger partial charge is 0.227 e. The van der Waals surface area contributed by atoms with Crippen LogP contribution in [0.2, 0.25) is 0 Å². The molecule has 5 aliphatic heterocycles. The summed E-state index contributed by atoms with van der Waals surface area (Å²) in [6.45, 7) is 37.8. The highest BCUT2D eigenvalue weighted by atomic mass is 16.4. The van der Waals surface area contributed by atoms with Crippen molar-refractivity contribution in [3.8, 4) is 0 Å². The van der Waals surface area contributed by atoms with Gasteiger partial charge in [-0.1, -0.05) is 130 Å². The summed E-state index contributed by atoms with van der Waals surface area (Å²) in [5.74, 6) is 3.18. The number of nitrogens with zero attached hydrogens (tertiary/aromatic N) is 21. The molecule has 141 heavy (non-hydrogen) atoms. The second-order valence-electron chi connectivity index (χ2n) is 33.8. The van der Waals surface area contributed by atoms with Gasteiger partial charge in [0.1, 0.15) is 0 Å². The summed E-state index contributed by atoms with van der Waals surface area (Å²) >= 11 is 0. The number of furan rings is 5. The topological polar surface area (TPSA) is 240 Å². The van der Waals surface area contributed by atoms with Crippen LogP contribution in [-0.4, -0.2) is 120 Å². The molecule has 25 rings (SSSR count). The molecule has 2 atom stereocenters. The molecule has 0 bridgehead atoms. The normalized spacial score (nSPS) is 16.0. The molecule has 0 saturated carbocycles. The maximum Gasteiger partial charge on any atom is 0.227 e. The zero-order valence-electron chi connectivity index (χ0n) is 99.6. The highest BCUT2D eigenvalue weighted by Crippen LogP contribution is 2.52. The molecule has 20 aromatic rings. The van der Waals surface area contributed by atoms with Crippen LogP contribution in [0.5, 0.6) is 0 Å². The van der Waals surface area contributed by atoms with E-state index in [0.29, 0.717) is 92.3 Å². The molecule has 26 nitrogen and oxygen atoms in total. The van der Waals surface area contributed by atoms with Crippen LogP contribution in [0.25, 0.3) is 110 Å². The zero-order valence-corrected chi connectivity index (χ0v) is 84.6. The number of hydrogen-bond donors (Lipinski definition) is 0. The molecule has 0 radical (unpaired) electrons. The second kappa shape index (κ2) is 41.7. The van der Waals surface area contributed by atoms with E-state index in [2.05, 4.69) is 90.9 Å². The zero-order chi connectivity index (χ0) is 113. The van der Waals surface area contributed by atoms with Crippen molar-refractivity contribution in [3.63, 3.8) is 0 Å². The van der Waals surface area contributed by atoms with Crippen molar-refractivity contribution in [3.05, 3.63) is 263 Å². The quantitative estimate of drug-likeness (QED) is 0.137. The second-order valence-corrected chi connectivity index (χ2v) is 33.8. The number of rotatable bonds is 8. The van der Waals surface area contributed by atoms with Crippen LogP contribution in [0.15, 0.2) is 229 Å². The molecule has 20 heterocycles. The average Bonchev–Trinajstić information content (AvgIpc) is 1.57. The fourth-order valence-corrected chi connectivity index (χ4v) is 18.3. The number of benzene rings is 5. The van der Waals surface area contributed by atoms with Gasteiger partial charge in [-0.3, -0.25) is 0 Å². The number of pyridine rings is 9. The molecule has 0 N–H and O–H groups in total. The van der Waals surface area contributed by atoms with Gasteiger partial charge in [-0.2, -0.15) is 0 Å². The van der Waals surface area contributed by atoms with Crippen LogP contribution < -0.4 is 49.0 Å². The largest absolute Gasteiger partial charge is 0.435 e. The van der Waals surface area contributed by atoms with E-state index < -0.39 is 45.7 Å². The van der Waals surface area contributed by atoms with E-state index in [4.69, 9.17) is 42.6 Å². The SMILES string of the molecule is CC.CC.CC.CC.CC.[2H]C(C)(C)N1CN(c2c(C)ccc3c2oc2nc(C)ccc23)c2cccnc21.[2H]C([2H])([2H])C([2H])(C)N1CN(c2c(C)ccc3c2oc2nc(C)ccc23)c2cccnc21.[2H]C([2H])([2H])C([2H])(C)N1CN(c2c(C)ccc3c2oc2nc(C)ccc23)c2ncccc21.[2H]C([2H])([2H])N1CN(c2c(C)ccc3c2oc2nc(C)ccc23)c2cccnc21.[2H]C([2H])([2H])N1CN(c2c(C)ccc3c2oc2nc(C)ccc23)c2nccnc21. The molecule has 5 aromatic carbocycles. The molecule has 726 valence electrons. The van der Waals surface area contributed by atoms with Crippen LogP contribution >= 0.6 is 0 Å².